The van der Waals surface area contributed by atoms with Crippen LogP contribution in [0.4, 0.5) is 5.69 Å². The first-order chi connectivity index (χ1) is 29.7. The standard InChI is InChI=1S/C55H33N5/c1-56-35-26-29-54(59-50-24-12-6-18-42(50)44-33-36(27-30-52(44)59)57-46-20-8-2-14-38(46)39-15-3-9-21-47(39)57)55(32-35)60-51-25-13-7-19-43(51)45-34-37(28-31-53(45)60)58-48-22-10-4-16-40(48)41-17-5-11-23-49(41)58/h2-34H. The highest BCUT2D eigenvalue weighted by Gasteiger charge is 2.22. The van der Waals surface area contributed by atoms with Crippen LogP contribution in [-0.4, -0.2) is 18.3 Å². The molecule has 0 N–H and O–H groups in total. The highest BCUT2D eigenvalue weighted by molar-refractivity contribution is 6.14. The fourth-order valence-electron chi connectivity index (χ4n) is 10.1. The van der Waals surface area contributed by atoms with Crippen LogP contribution in [0.25, 0.3) is 115 Å². The summed E-state index contributed by atoms with van der Waals surface area (Å²) in [7, 11) is 0. The molecule has 13 rings (SSSR count). The molecule has 4 heterocycles. The second kappa shape index (κ2) is 12.3. The van der Waals surface area contributed by atoms with Gasteiger partial charge < -0.3 is 18.3 Å². The van der Waals surface area contributed by atoms with Crippen LogP contribution < -0.4 is 0 Å². The molecule has 0 amide bonds. The molecule has 0 aliphatic rings. The summed E-state index contributed by atoms with van der Waals surface area (Å²) in [4.78, 5) is 3.97. The summed E-state index contributed by atoms with van der Waals surface area (Å²) in [6.45, 7) is 8.15. The Morgan fingerprint density at radius 3 is 0.967 bits per heavy atom. The third-order valence-electron chi connectivity index (χ3n) is 12.6. The predicted octanol–water partition coefficient (Wildman–Crippen LogP) is 14.6. The Bertz CT molecular complexity index is 3870. The first-order valence-electron chi connectivity index (χ1n) is 20.3. The van der Waals surface area contributed by atoms with Crippen molar-refractivity contribution >= 4 is 92.9 Å². The fraction of sp³-hybridized carbons (Fsp3) is 0. The van der Waals surface area contributed by atoms with Crippen LogP contribution in [0.5, 0.6) is 0 Å². The number of fused-ring (bicyclic) bond motifs is 12. The molecule has 0 bridgehead atoms. The molecule has 0 aliphatic carbocycles. The molecule has 0 spiro atoms. The molecule has 0 radical (unpaired) electrons. The van der Waals surface area contributed by atoms with Crippen molar-refractivity contribution in [1.82, 2.24) is 18.3 Å². The number of aromatic nitrogens is 4. The minimum atomic E-state index is 0.594. The predicted molar refractivity (Wildman–Crippen MR) is 250 cm³/mol. The highest BCUT2D eigenvalue weighted by Crippen LogP contribution is 2.42. The number of para-hydroxylation sites is 6. The summed E-state index contributed by atoms with van der Waals surface area (Å²) in [5.74, 6) is 0. The number of hydrogen-bond donors (Lipinski definition) is 0. The Balaban J connectivity index is 1.07. The van der Waals surface area contributed by atoms with Gasteiger partial charge in [0.2, 0.25) is 0 Å². The zero-order valence-electron chi connectivity index (χ0n) is 32.3. The van der Waals surface area contributed by atoms with Gasteiger partial charge in [0.25, 0.3) is 0 Å². The molecular weight excluding hydrogens is 731 g/mol. The average molecular weight is 764 g/mol. The van der Waals surface area contributed by atoms with Crippen LogP contribution >= 0.6 is 0 Å². The molecule has 4 aromatic heterocycles. The molecule has 0 unspecified atom stereocenters. The summed E-state index contributed by atoms with van der Waals surface area (Å²) in [5, 5.41) is 9.63. The highest BCUT2D eigenvalue weighted by atomic mass is 15.1. The van der Waals surface area contributed by atoms with Gasteiger partial charge in [-0.2, -0.15) is 0 Å². The lowest BCUT2D eigenvalue weighted by atomic mass is 10.1. The first kappa shape index (κ1) is 32.7. The van der Waals surface area contributed by atoms with Gasteiger partial charge in [0.15, 0.2) is 5.69 Å². The van der Waals surface area contributed by atoms with Crippen LogP contribution in [0.3, 0.4) is 0 Å². The lowest BCUT2D eigenvalue weighted by Gasteiger charge is -2.18. The summed E-state index contributed by atoms with van der Waals surface area (Å²) in [5.41, 5.74) is 13.9. The number of nitrogens with zero attached hydrogens (tertiary/aromatic N) is 5. The summed E-state index contributed by atoms with van der Waals surface area (Å²) in [6, 6.07) is 71.8. The molecule has 60 heavy (non-hydrogen) atoms. The maximum absolute atomic E-state index is 8.15. The molecule has 5 nitrogen and oxygen atoms in total. The molecule has 9 aromatic carbocycles. The average Bonchev–Trinajstić information content (AvgIpc) is 4.03. The quantitative estimate of drug-likeness (QED) is 0.159. The van der Waals surface area contributed by atoms with E-state index in [4.69, 9.17) is 6.57 Å². The summed E-state index contributed by atoms with van der Waals surface area (Å²) >= 11 is 0. The lowest BCUT2D eigenvalue weighted by Crippen LogP contribution is -2.03. The Labute approximate surface area is 344 Å². The van der Waals surface area contributed by atoms with E-state index in [0.717, 1.165) is 55.6 Å². The normalized spacial score (nSPS) is 12.0. The van der Waals surface area contributed by atoms with Crippen molar-refractivity contribution in [3.63, 3.8) is 0 Å². The molecule has 0 saturated carbocycles. The van der Waals surface area contributed by atoms with Crippen LogP contribution in [-0.2, 0) is 0 Å². The van der Waals surface area contributed by atoms with Crippen molar-refractivity contribution in [2.75, 3.05) is 0 Å². The van der Waals surface area contributed by atoms with Crippen molar-refractivity contribution in [2.45, 2.75) is 0 Å². The number of benzene rings is 9. The lowest BCUT2D eigenvalue weighted by molar-refractivity contribution is 1.09. The molecule has 13 aromatic rings. The van der Waals surface area contributed by atoms with Gasteiger partial charge in [-0.3, -0.25) is 0 Å². The number of hydrogen-bond acceptors (Lipinski definition) is 0. The zero-order chi connectivity index (χ0) is 39.5. The van der Waals surface area contributed by atoms with Crippen LogP contribution in [0, 0.1) is 6.57 Å². The maximum atomic E-state index is 8.15. The van der Waals surface area contributed by atoms with Gasteiger partial charge in [-0.05, 0) is 84.9 Å². The maximum Gasteiger partial charge on any atom is 0.189 e. The SMILES string of the molecule is [C-]#[N+]c1ccc(-n2c3ccccc3c3cc(-n4c5ccccc5c5ccccc54)ccc32)c(-n2c3ccccc3c3cc(-n4c5ccccc5c5ccccc54)ccc32)c1. The van der Waals surface area contributed by atoms with E-state index in [-0.39, 0.29) is 0 Å². The van der Waals surface area contributed by atoms with E-state index in [2.05, 4.69) is 217 Å². The van der Waals surface area contributed by atoms with Gasteiger partial charge in [0, 0.05) is 54.5 Å². The largest absolute Gasteiger partial charge is 0.309 e. The molecule has 278 valence electrons. The van der Waals surface area contributed by atoms with E-state index in [1.165, 1.54) is 54.4 Å². The van der Waals surface area contributed by atoms with Gasteiger partial charge in [0.05, 0.1) is 62.1 Å². The van der Waals surface area contributed by atoms with E-state index in [1.54, 1.807) is 0 Å². The van der Waals surface area contributed by atoms with Crippen LogP contribution in [0.2, 0.25) is 0 Å². The van der Waals surface area contributed by atoms with Gasteiger partial charge in [0.1, 0.15) is 0 Å². The third-order valence-corrected chi connectivity index (χ3v) is 12.6. The second-order valence-electron chi connectivity index (χ2n) is 15.6. The molecule has 0 saturated heterocycles. The first-order valence-corrected chi connectivity index (χ1v) is 20.3. The number of rotatable bonds is 4. The van der Waals surface area contributed by atoms with E-state index in [0.29, 0.717) is 5.69 Å². The minimum absolute atomic E-state index is 0.594. The Kier molecular flexibility index (Phi) is 6.73. The molecular formula is C55H33N5. The Morgan fingerprint density at radius 1 is 0.267 bits per heavy atom. The van der Waals surface area contributed by atoms with Crippen molar-refractivity contribution < 1.29 is 0 Å². The summed E-state index contributed by atoms with van der Waals surface area (Å²) < 4.78 is 9.51. The van der Waals surface area contributed by atoms with Crippen LogP contribution in [0.15, 0.2) is 200 Å². The van der Waals surface area contributed by atoms with E-state index >= 15 is 0 Å². The topological polar surface area (TPSA) is 24.1 Å². The van der Waals surface area contributed by atoms with Crippen LogP contribution in [0.1, 0.15) is 0 Å². The van der Waals surface area contributed by atoms with Gasteiger partial charge >= 0.3 is 0 Å². The van der Waals surface area contributed by atoms with Crippen molar-refractivity contribution in [2.24, 2.45) is 0 Å². The minimum Gasteiger partial charge on any atom is -0.309 e. The molecule has 0 fully saturated rings. The zero-order valence-corrected chi connectivity index (χ0v) is 32.3. The molecule has 5 heteroatoms. The Morgan fingerprint density at radius 2 is 0.583 bits per heavy atom. The van der Waals surface area contributed by atoms with Crippen molar-refractivity contribution in [3.05, 3.63) is 212 Å². The second-order valence-corrected chi connectivity index (χ2v) is 15.6. The molecule has 0 atom stereocenters. The van der Waals surface area contributed by atoms with E-state index in [1.807, 2.05) is 6.07 Å². The van der Waals surface area contributed by atoms with Gasteiger partial charge in [-0.15, -0.1) is 0 Å². The van der Waals surface area contributed by atoms with Gasteiger partial charge in [-0.25, -0.2) is 4.85 Å². The Hall–Kier alpha value is -8.33. The third kappa shape index (κ3) is 4.45. The van der Waals surface area contributed by atoms with Crippen molar-refractivity contribution in [3.8, 4) is 22.7 Å². The van der Waals surface area contributed by atoms with E-state index < -0.39 is 0 Å². The smallest absolute Gasteiger partial charge is 0.189 e. The van der Waals surface area contributed by atoms with E-state index in [9.17, 15) is 0 Å². The summed E-state index contributed by atoms with van der Waals surface area (Å²) in [6.07, 6.45) is 0. The monoisotopic (exact) mass is 763 g/mol. The molecule has 0 aliphatic heterocycles. The van der Waals surface area contributed by atoms with Crippen molar-refractivity contribution in [1.29, 1.82) is 0 Å². The fourth-order valence-corrected chi connectivity index (χ4v) is 10.1. The van der Waals surface area contributed by atoms with Gasteiger partial charge in [-0.1, -0.05) is 115 Å².